The molecule has 3 aliphatic heterocycles. The standard InChI is InChI=1S/C24H56Si10/c1-25(2)21(26(3)4)17-19-23(29(9)10)31(21)32-22(27(5)6,28(7)8)18-20-24(32,30(11)12)34(15,16)33(23,13)14/h17-20H2,1-16H3/t23-,24+. The van der Waals surface area contributed by atoms with Gasteiger partial charge in [-0.25, -0.2) is 0 Å². The van der Waals surface area contributed by atoms with E-state index in [-0.39, 0.29) is 68.6 Å². The average molecular weight is 626 g/mol. The smallest absolute Gasteiger partial charge is 0.0451 e. The zero-order valence-corrected chi connectivity index (χ0v) is 35.8. The SMILES string of the molecule is C[Si](C)C1([Si](C)C)CC[C@]2([Si](C)C)[Si]1=[Si]1C([Si](C)C)([Si](C)C)CC[C@]1([Si](C)C)[Si](C)(C)[Si]2(C)C. The third-order valence-corrected chi connectivity index (χ3v) is 96.1. The average Bonchev–Trinajstić information content (AvgIpc) is 3.23. The molecule has 0 aromatic rings. The Labute approximate surface area is 229 Å². The zero-order valence-electron chi connectivity index (χ0n) is 25.8. The van der Waals surface area contributed by atoms with E-state index in [0.29, 0.717) is 0 Å². The van der Waals surface area contributed by atoms with Crippen LogP contribution in [0.25, 0.3) is 0 Å². The summed E-state index contributed by atoms with van der Waals surface area (Å²) >= 11 is 0. The van der Waals surface area contributed by atoms with Gasteiger partial charge in [0.05, 0.1) is 0 Å². The predicted octanol–water partition coefficient (Wildman–Crippen LogP) is 7.95. The Morgan fingerprint density at radius 1 is 0.412 bits per heavy atom. The third kappa shape index (κ3) is 3.27. The second-order valence-corrected chi connectivity index (χ2v) is 61.4. The van der Waals surface area contributed by atoms with Gasteiger partial charge in [-0.3, -0.25) is 0 Å². The highest BCUT2D eigenvalue weighted by molar-refractivity contribution is 7.56. The van der Waals surface area contributed by atoms with Crippen molar-refractivity contribution in [2.24, 2.45) is 0 Å². The maximum absolute atomic E-state index is 3.06. The van der Waals surface area contributed by atoms with Crippen LogP contribution in [0.4, 0.5) is 0 Å². The molecule has 192 valence electrons. The summed E-state index contributed by atoms with van der Waals surface area (Å²) in [5, 5.41) is 0. The van der Waals surface area contributed by atoms with Crippen molar-refractivity contribution in [3.8, 4) is 0 Å². The first-order valence-electron chi connectivity index (χ1n) is 13.9. The lowest BCUT2D eigenvalue weighted by molar-refractivity contribution is 0.773. The molecule has 0 aromatic heterocycles. The fourth-order valence-electron chi connectivity index (χ4n) is 10.4. The highest BCUT2D eigenvalue weighted by Gasteiger charge is 2.78. The molecule has 3 heterocycles. The molecule has 2 atom stereocenters. The van der Waals surface area contributed by atoms with Crippen molar-refractivity contribution in [1.82, 2.24) is 0 Å². The van der Waals surface area contributed by atoms with Crippen LogP contribution in [0.3, 0.4) is 0 Å². The fraction of sp³-hybridized carbons (Fsp3) is 1.00. The number of fused-ring (bicyclic) bond motifs is 2. The summed E-state index contributed by atoms with van der Waals surface area (Å²) in [5.41, 5.74) is 0. The van der Waals surface area contributed by atoms with Gasteiger partial charge in [0.25, 0.3) is 0 Å². The zero-order chi connectivity index (χ0) is 26.4. The highest BCUT2D eigenvalue weighted by atomic mass is 29.3. The lowest BCUT2D eigenvalue weighted by Gasteiger charge is -2.69. The topological polar surface area (TPSA) is 0 Å². The molecule has 0 saturated carbocycles. The third-order valence-electron chi connectivity index (χ3n) is 12.5. The van der Waals surface area contributed by atoms with Crippen molar-refractivity contribution in [3.63, 3.8) is 0 Å². The molecule has 0 amide bonds. The summed E-state index contributed by atoms with van der Waals surface area (Å²) in [7, 11) is -5.15. The van der Waals surface area contributed by atoms with Crippen molar-refractivity contribution in [2.45, 2.75) is 148 Å². The van der Waals surface area contributed by atoms with Crippen molar-refractivity contribution in [2.75, 3.05) is 0 Å². The van der Waals surface area contributed by atoms with E-state index in [4.69, 9.17) is 0 Å². The lowest BCUT2D eigenvalue weighted by Crippen LogP contribution is -2.81. The number of hydrogen-bond donors (Lipinski definition) is 0. The molecule has 0 aliphatic carbocycles. The Kier molecular flexibility index (Phi) is 8.47. The predicted molar refractivity (Wildman–Crippen MR) is 181 cm³/mol. The summed E-state index contributed by atoms with van der Waals surface area (Å²) in [6.45, 7) is 46.4. The molecule has 2 fully saturated rings. The molecule has 0 N–H and O–H groups in total. The molecular formula is C24H56Si10. The van der Waals surface area contributed by atoms with Gasteiger partial charge in [0.15, 0.2) is 0 Å². The maximum Gasteiger partial charge on any atom is 0.0451 e. The van der Waals surface area contributed by atoms with Gasteiger partial charge in [-0.15, -0.1) is 0 Å². The quantitative estimate of drug-likeness (QED) is 0.263. The summed E-state index contributed by atoms with van der Waals surface area (Å²) < 4.78 is 3.72. The van der Waals surface area contributed by atoms with Gasteiger partial charge < -0.3 is 0 Å². The first-order valence-corrected chi connectivity index (χ1v) is 39.9. The van der Waals surface area contributed by atoms with Crippen molar-refractivity contribution < 1.29 is 0 Å². The summed E-state index contributed by atoms with van der Waals surface area (Å²) in [6.07, 6.45) is 6.87. The van der Waals surface area contributed by atoms with E-state index in [1.165, 1.54) is 0 Å². The van der Waals surface area contributed by atoms with Gasteiger partial charge in [-0.05, 0) is 32.9 Å². The minimum absolute atomic E-state index is 0.283. The van der Waals surface area contributed by atoms with E-state index in [0.717, 1.165) is 17.1 Å². The summed E-state index contributed by atoms with van der Waals surface area (Å²) in [5.74, 6) is 0. The molecule has 0 nitrogen and oxygen atoms in total. The van der Waals surface area contributed by atoms with Crippen LogP contribution in [0, 0.1) is 0 Å². The van der Waals surface area contributed by atoms with Crippen LogP contribution in [0.5, 0.6) is 0 Å². The van der Waals surface area contributed by atoms with Gasteiger partial charge in [0.1, 0.15) is 0 Å². The maximum atomic E-state index is 3.06. The van der Waals surface area contributed by atoms with Gasteiger partial charge in [-0.2, -0.15) is 0 Å². The van der Waals surface area contributed by atoms with E-state index in [9.17, 15) is 0 Å². The van der Waals surface area contributed by atoms with Crippen molar-refractivity contribution in [1.29, 1.82) is 0 Å². The van der Waals surface area contributed by atoms with E-state index in [1.54, 1.807) is 25.7 Å². The molecule has 0 bridgehead atoms. The van der Waals surface area contributed by atoms with Crippen LogP contribution in [-0.2, 0) is 0 Å². The summed E-state index contributed by atoms with van der Waals surface area (Å²) in [4.78, 5) is 0. The van der Waals surface area contributed by atoms with Crippen molar-refractivity contribution in [3.05, 3.63) is 0 Å². The van der Waals surface area contributed by atoms with Gasteiger partial charge in [0.2, 0.25) is 0 Å². The Hall–Kier alpha value is 2.17. The lowest BCUT2D eigenvalue weighted by atomic mass is 10.4. The van der Waals surface area contributed by atoms with Gasteiger partial charge in [0, 0.05) is 68.0 Å². The molecule has 6 radical (unpaired) electrons. The van der Waals surface area contributed by atoms with E-state index in [1.807, 2.05) is 0 Å². The number of rotatable bonds is 6. The number of hydrogen-bond acceptors (Lipinski definition) is 0. The second-order valence-electron chi connectivity index (χ2n) is 14.6. The van der Waals surface area contributed by atoms with E-state index in [2.05, 4.69) is 105 Å². The molecule has 2 saturated heterocycles. The molecule has 0 spiro atoms. The molecule has 10 heteroatoms. The molecular weight excluding hydrogens is 569 g/mol. The highest BCUT2D eigenvalue weighted by Crippen LogP contribution is 2.75. The normalized spacial score (nSPS) is 33.7. The molecule has 3 rings (SSSR count). The monoisotopic (exact) mass is 624 g/mol. The van der Waals surface area contributed by atoms with Crippen LogP contribution in [0.1, 0.15) is 25.7 Å². The van der Waals surface area contributed by atoms with E-state index >= 15 is 0 Å². The Morgan fingerprint density at radius 3 is 0.824 bits per heavy atom. The minimum atomic E-state index is -1.36. The summed E-state index contributed by atoms with van der Waals surface area (Å²) in [6, 6.07) is 0. The minimum Gasteiger partial charge on any atom is -0.0711 e. The van der Waals surface area contributed by atoms with Crippen LogP contribution in [0.15, 0.2) is 0 Å². The Bertz CT molecular complexity index is 757. The fourth-order valence-corrected chi connectivity index (χ4v) is 128. The first kappa shape index (κ1) is 30.7. The van der Waals surface area contributed by atoms with E-state index < -0.39 is 15.2 Å². The molecule has 3 aliphatic rings. The van der Waals surface area contributed by atoms with Gasteiger partial charge >= 0.3 is 0 Å². The van der Waals surface area contributed by atoms with Crippen LogP contribution in [-0.4, -0.2) is 83.7 Å². The Balaban J connectivity index is 2.75. The molecule has 0 unspecified atom stereocenters. The second kappa shape index (κ2) is 9.38. The largest absolute Gasteiger partial charge is 0.0711 e. The van der Waals surface area contributed by atoms with Crippen LogP contribution >= 0.6 is 0 Å². The Morgan fingerprint density at radius 2 is 0.647 bits per heavy atom. The van der Waals surface area contributed by atoms with Crippen LogP contribution in [0.2, 0.25) is 122 Å². The molecule has 0 aromatic carbocycles. The van der Waals surface area contributed by atoms with Crippen molar-refractivity contribution >= 4 is 83.7 Å². The first-order chi connectivity index (χ1) is 15.3. The molecule has 34 heavy (non-hydrogen) atoms. The van der Waals surface area contributed by atoms with Crippen LogP contribution < -0.4 is 0 Å². The van der Waals surface area contributed by atoms with Gasteiger partial charge in [-0.1, -0.05) is 130 Å².